The smallest absolute Gasteiger partial charge is 0.187 e. The van der Waals surface area contributed by atoms with Gasteiger partial charge < -0.3 is 4.74 Å². The van der Waals surface area contributed by atoms with Gasteiger partial charge >= 0.3 is 0 Å². The van der Waals surface area contributed by atoms with E-state index in [0.29, 0.717) is 21.3 Å². The zero-order valence-corrected chi connectivity index (χ0v) is 20.8. The van der Waals surface area contributed by atoms with E-state index in [0.717, 1.165) is 49.2 Å². The van der Waals surface area contributed by atoms with Gasteiger partial charge in [0.15, 0.2) is 9.84 Å². The number of aromatic nitrogens is 3. The summed E-state index contributed by atoms with van der Waals surface area (Å²) in [4.78, 5) is 3.47. The first-order chi connectivity index (χ1) is 16.3. The maximum Gasteiger partial charge on any atom is 0.187 e. The maximum atomic E-state index is 15.0. The summed E-state index contributed by atoms with van der Waals surface area (Å²) in [6, 6.07) is 7.16. The van der Waals surface area contributed by atoms with Crippen molar-refractivity contribution in [1.82, 2.24) is 14.8 Å². The largest absolute Gasteiger partial charge is 0.455 e. The van der Waals surface area contributed by atoms with E-state index in [-0.39, 0.29) is 10.8 Å². The molecule has 1 aliphatic heterocycles. The van der Waals surface area contributed by atoms with Gasteiger partial charge in [0.05, 0.1) is 11.2 Å². The van der Waals surface area contributed by atoms with E-state index in [1.807, 2.05) is 4.68 Å². The standard InChI is InChI=1S/C23H18Cl2FN3O3S2/c24-14-4-5-20(15(9-14)16-12-28-29-7-2-1-3-19(16)29)32-21-11-18(26)22(10-17(21)25)34(30,31)13-23-27-6-8-33-23/h4-6,8-12H,1-3,7,13H2. The molecule has 5 rings (SSSR count). The summed E-state index contributed by atoms with van der Waals surface area (Å²) in [6.07, 6.45) is 6.28. The minimum Gasteiger partial charge on any atom is -0.455 e. The van der Waals surface area contributed by atoms with E-state index < -0.39 is 26.3 Å². The molecule has 11 heteroatoms. The van der Waals surface area contributed by atoms with Gasteiger partial charge in [0.25, 0.3) is 0 Å². The second kappa shape index (κ2) is 9.30. The zero-order chi connectivity index (χ0) is 23.9. The Hall–Kier alpha value is -2.46. The molecule has 0 atom stereocenters. The first kappa shape index (κ1) is 23.3. The third-order valence-electron chi connectivity index (χ3n) is 5.55. The van der Waals surface area contributed by atoms with Gasteiger partial charge in [0.2, 0.25) is 0 Å². The van der Waals surface area contributed by atoms with Crippen LogP contribution in [0.15, 0.2) is 53.0 Å². The summed E-state index contributed by atoms with van der Waals surface area (Å²) >= 11 is 13.8. The Balaban J connectivity index is 1.50. The fourth-order valence-corrected chi connectivity index (χ4v) is 6.74. The third kappa shape index (κ3) is 4.57. The van der Waals surface area contributed by atoms with E-state index in [1.54, 1.807) is 29.8 Å². The number of fused-ring (bicyclic) bond motifs is 1. The SMILES string of the molecule is O=S(=O)(Cc1nccs1)c1cc(Cl)c(Oc2ccc(Cl)cc2-c2cnn3c2CCCC3)cc1F. The van der Waals surface area contributed by atoms with Crippen molar-refractivity contribution >= 4 is 44.4 Å². The fraction of sp³-hybridized carbons (Fsp3) is 0.217. The lowest BCUT2D eigenvalue weighted by atomic mass is 10.0. The molecule has 0 radical (unpaired) electrons. The van der Waals surface area contributed by atoms with Gasteiger partial charge in [-0.05, 0) is 43.5 Å². The summed E-state index contributed by atoms with van der Waals surface area (Å²) in [5.41, 5.74) is 2.67. The first-order valence-electron chi connectivity index (χ1n) is 10.4. The molecule has 0 aliphatic carbocycles. The van der Waals surface area contributed by atoms with Gasteiger partial charge in [-0.3, -0.25) is 4.68 Å². The molecular formula is C23H18Cl2FN3O3S2. The predicted molar refractivity (Wildman–Crippen MR) is 130 cm³/mol. The summed E-state index contributed by atoms with van der Waals surface area (Å²) < 4.78 is 48.4. The topological polar surface area (TPSA) is 74.1 Å². The number of hydrogen-bond donors (Lipinski definition) is 0. The number of nitrogens with zero attached hydrogens (tertiary/aromatic N) is 3. The number of rotatable bonds is 6. The van der Waals surface area contributed by atoms with Crippen molar-refractivity contribution in [3.05, 3.63) is 74.7 Å². The molecule has 1 aliphatic rings. The molecule has 0 unspecified atom stereocenters. The van der Waals surface area contributed by atoms with Gasteiger partial charge in [0.1, 0.15) is 33.0 Å². The van der Waals surface area contributed by atoms with E-state index in [4.69, 9.17) is 27.9 Å². The number of thiazole rings is 1. The van der Waals surface area contributed by atoms with Crippen LogP contribution < -0.4 is 4.74 Å². The zero-order valence-electron chi connectivity index (χ0n) is 17.7. The molecule has 0 bridgehead atoms. The Morgan fingerprint density at radius 2 is 1.97 bits per heavy atom. The van der Waals surface area contributed by atoms with Crippen molar-refractivity contribution in [2.24, 2.45) is 0 Å². The van der Waals surface area contributed by atoms with E-state index >= 15 is 0 Å². The van der Waals surface area contributed by atoms with Crippen molar-refractivity contribution in [3.63, 3.8) is 0 Å². The molecule has 0 fully saturated rings. The molecule has 0 saturated heterocycles. The second-order valence-corrected chi connectivity index (χ2v) is 11.6. The lowest BCUT2D eigenvalue weighted by Crippen LogP contribution is -2.11. The van der Waals surface area contributed by atoms with Crippen molar-refractivity contribution in [3.8, 4) is 22.6 Å². The molecule has 6 nitrogen and oxygen atoms in total. The van der Waals surface area contributed by atoms with Crippen molar-refractivity contribution in [1.29, 1.82) is 0 Å². The molecule has 0 N–H and O–H groups in total. The van der Waals surface area contributed by atoms with Crippen LogP contribution in [0.1, 0.15) is 23.5 Å². The van der Waals surface area contributed by atoms with Crippen LogP contribution in [0.5, 0.6) is 11.5 Å². The van der Waals surface area contributed by atoms with Gasteiger partial charge in [-0.2, -0.15) is 5.10 Å². The Kier molecular flexibility index (Phi) is 6.37. The number of hydrogen-bond acceptors (Lipinski definition) is 6. The number of sulfone groups is 1. The fourth-order valence-electron chi connectivity index (χ4n) is 3.96. The highest BCUT2D eigenvalue weighted by molar-refractivity contribution is 7.90. The van der Waals surface area contributed by atoms with Crippen molar-refractivity contribution in [2.45, 2.75) is 36.5 Å². The first-order valence-corrected chi connectivity index (χ1v) is 13.7. The van der Waals surface area contributed by atoms with Gasteiger partial charge in [-0.25, -0.2) is 17.8 Å². The molecule has 4 aromatic rings. The molecule has 2 aromatic heterocycles. The molecule has 176 valence electrons. The predicted octanol–water partition coefficient (Wildman–Crippen LogP) is 6.56. The third-order valence-corrected chi connectivity index (χ3v) is 8.68. The second-order valence-electron chi connectivity index (χ2n) is 7.83. The molecule has 0 amide bonds. The van der Waals surface area contributed by atoms with Crippen LogP contribution in [0.4, 0.5) is 4.39 Å². The Morgan fingerprint density at radius 1 is 1.12 bits per heavy atom. The van der Waals surface area contributed by atoms with Crippen LogP contribution in [-0.2, 0) is 28.6 Å². The van der Waals surface area contributed by atoms with Gasteiger partial charge in [0, 0.05) is 46.0 Å². The average Bonchev–Trinajstić information content (AvgIpc) is 3.46. The molecule has 0 saturated carbocycles. The van der Waals surface area contributed by atoms with Crippen molar-refractivity contribution in [2.75, 3.05) is 0 Å². The van der Waals surface area contributed by atoms with E-state index in [9.17, 15) is 12.8 Å². The lowest BCUT2D eigenvalue weighted by Gasteiger charge is -2.17. The number of benzene rings is 2. The summed E-state index contributed by atoms with van der Waals surface area (Å²) in [5, 5.41) is 6.98. The Bertz CT molecular complexity index is 1470. The van der Waals surface area contributed by atoms with Crippen LogP contribution in [0.3, 0.4) is 0 Å². The number of ether oxygens (including phenoxy) is 1. The molecular weight excluding hydrogens is 520 g/mol. The maximum absolute atomic E-state index is 15.0. The monoisotopic (exact) mass is 537 g/mol. The highest BCUT2D eigenvalue weighted by Gasteiger charge is 2.25. The minimum absolute atomic E-state index is 0.00280. The van der Waals surface area contributed by atoms with Crippen LogP contribution in [-0.4, -0.2) is 23.2 Å². The van der Waals surface area contributed by atoms with Crippen LogP contribution >= 0.6 is 34.5 Å². The average molecular weight is 538 g/mol. The number of halogens is 3. The summed E-state index contributed by atoms with van der Waals surface area (Å²) in [5.74, 6) is -0.955. The molecule has 3 heterocycles. The quantitative estimate of drug-likeness (QED) is 0.278. The van der Waals surface area contributed by atoms with Crippen molar-refractivity contribution < 1.29 is 17.5 Å². The Labute approximate surface area is 209 Å². The summed E-state index contributed by atoms with van der Waals surface area (Å²) in [6.45, 7) is 0.847. The molecule has 34 heavy (non-hydrogen) atoms. The van der Waals surface area contributed by atoms with Crippen LogP contribution in [0.2, 0.25) is 10.0 Å². The number of aryl methyl sites for hydroxylation is 1. The van der Waals surface area contributed by atoms with Gasteiger partial charge in [-0.1, -0.05) is 23.2 Å². The Morgan fingerprint density at radius 3 is 2.76 bits per heavy atom. The minimum atomic E-state index is -3.98. The van der Waals surface area contributed by atoms with Gasteiger partial charge in [-0.15, -0.1) is 11.3 Å². The van der Waals surface area contributed by atoms with Crippen LogP contribution in [0.25, 0.3) is 11.1 Å². The lowest BCUT2D eigenvalue weighted by molar-refractivity contribution is 0.474. The normalized spacial score (nSPS) is 13.6. The molecule has 2 aromatic carbocycles. The van der Waals surface area contributed by atoms with Crippen LogP contribution in [0, 0.1) is 5.82 Å². The molecule has 0 spiro atoms. The van der Waals surface area contributed by atoms with E-state index in [2.05, 4.69) is 10.1 Å². The van der Waals surface area contributed by atoms with E-state index in [1.165, 1.54) is 17.5 Å². The summed E-state index contributed by atoms with van der Waals surface area (Å²) in [7, 11) is -3.98. The highest BCUT2D eigenvalue weighted by atomic mass is 35.5. The highest BCUT2D eigenvalue weighted by Crippen LogP contribution is 2.41.